The molecule has 1 aliphatic rings. The second-order valence-electron chi connectivity index (χ2n) is 5.86. The van der Waals surface area contributed by atoms with E-state index in [0.29, 0.717) is 16.6 Å². The lowest BCUT2D eigenvalue weighted by molar-refractivity contribution is -0.119. The lowest BCUT2D eigenvalue weighted by atomic mass is 10.1. The first-order valence-electron chi connectivity index (χ1n) is 7.80. The lowest BCUT2D eigenvalue weighted by Gasteiger charge is -2.07. The Balaban J connectivity index is 1.80. The quantitative estimate of drug-likeness (QED) is 0.835. The van der Waals surface area contributed by atoms with Crippen LogP contribution >= 0.6 is 11.3 Å². The fourth-order valence-corrected chi connectivity index (χ4v) is 3.95. The average Bonchev–Trinajstić information content (AvgIpc) is 3.17. The van der Waals surface area contributed by atoms with Crippen molar-refractivity contribution in [1.29, 1.82) is 0 Å². The van der Waals surface area contributed by atoms with Crippen molar-refractivity contribution >= 4 is 28.1 Å². The number of nitrogens with one attached hydrogen (secondary N) is 1. The monoisotopic (exact) mass is 331 g/mol. The van der Waals surface area contributed by atoms with Crippen LogP contribution in [0, 0.1) is 12.8 Å². The Hall–Kier alpha value is -2.08. The molecule has 0 atom stereocenters. The van der Waals surface area contributed by atoms with E-state index in [1.54, 1.807) is 7.11 Å². The molecule has 0 aliphatic heterocycles. The molecule has 3 rings (SSSR count). The maximum Gasteiger partial charge on any atom is 0.229 e. The van der Waals surface area contributed by atoms with Crippen molar-refractivity contribution in [2.75, 3.05) is 18.2 Å². The number of rotatable bonds is 4. The molecular weight excluding hydrogens is 310 g/mol. The highest BCUT2D eigenvalue weighted by Crippen LogP contribution is 2.36. The Labute approximate surface area is 139 Å². The number of aryl methyl sites for hydroxylation is 1. The SMILES string of the molecule is COc1ccc(-c2sc(NC(=O)C3CCCC3)nc2C)cc1N. The molecule has 0 unspecified atom stereocenters. The van der Waals surface area contributed by atoms with Crippen LogP contribution in [0.15, 0.2) is 18.2 Å². The largest absolute Gasteiger partial charge is 0.495 e. The van der Waals surface area contributed by atoms with E-state index in [4.69, 9.17) is 10.5 Å². The van der Waals surface area contributed by atoms with Crippen molar-refractivity contribution in [1.82, 2.24) is 4.98 Å². The summed E-state index contributed by atoms with van der Waals surface area (Å²) in [5.74, 6) is 0.891. The number of hydrogen-bond acceptors (Lipinski definition) is 5. The van der Waals surface area contributed by atoms with Crippen LogP contribution in [0.5, 0.6) is 5.75 Å². The summed E-state index contributed by atoms with van der Waals surface area (Å²) in [4.78, 5) is 17.7. The lowest BCUT2D eigenvalue weighted by Crippen LogP contribution is -2.20. The topological polar surface area (TPSA) is 77.2 Å². The van der Waals surface area contributed by atoms with E-state index in [-0.39, 0.29) is 11.8 Å². The number of aromatic nitrogens is 1. The summed E-state index contributed by atoms with van der Waals surface area (Å²) in [6.07, 6.45) is 4.26. The van der Waals surface area contributed by atoms with Gasteiger partial charge < -0.3 is 15.8 Å². The first kappa shape index (κ1) is 15.8. The van der Waals surface area contributed by atoms with Crippen LogP contribution in [0.2, 0.25) is 0 Å². The van der Waals surface area contributed by atoms with Gasteiger partial charge in [-0.05, 0) is 43.5 Å². The maximum absolute atomic E-state index is 12.2. The summed E-state index contributed by atoms with van der Waals surface area (Å²) < 4.78 is 5.19. The first-order chi connectivity index (χ1) is 11.1. The second kappa shape index (κ2) is 6.58. The van der Waals surface area contributed by atoms with Crippen LogP contribution in [0.3, 0.4) is 0 Å². The van der Waals surface area contributed by atoms with E-state index < -0.39 is 0 Å². The van der Waals surface area contributed by atoms with E-state index in [1.807, 2.05) is 25.1 Å². The fraction of sp³-hybridized carbons (Fsp3) is 0.412. The molecule has 0 bridgehead atoms. The van der Waals surface area contributed by atoms with Crippen molar-refractivity contribution in [2.24, 2.45) is 5.92 Å². The first-order valence-corrected chi connectivity index (χ1v) is 8.62. The van der Waals surface area contributed by atoms with Crippen molar-refractivity contribution in [2.45, 2.75) is 32.6 Å². The molecule has 2 aromatic rings. The molecule has 122 valence electrons. The smallest absolute Gasteiger partial charge is 0.229 e. The van der Waals surface area contributed by atoms with E-state index in [2.05, 4.69) is 10.3 Å². The summed E-state index contributed by atoms with van der Waals surface area (Å²) in [5, 5.41) is 3.62. The number of nitrogen functional groups attached to an aromatic ring is 1. The number of nitrogens with zero attached hydrogens (tertiary/aromatic N) is 1. The van der Waals surface area contributed by atoms with Gasteiger partial charge in [0, 0.05) is 5.92 Å². The van der Waals surface area contributed by atoms with Gasteiger partial charge in [-0.1, -0.05) is 24.2 Å². The third-order valence-electron chi connectivity index (χ3n) is 4.24. The molecule has 1 aliphatic carbocycles. The van der Waals surface area contributed by atoms with Gasteiger partial charge >= 0.3 is 0 Å². The molecule has 1 aromatic heterocycles. The number of benzene rings is 1. The van der Waals surface area contributed by atoms with Gasteiger partial charge in [0.15, 0.2) is 5.13 Å². The third-order valence-corrected chi connectivity index (χ3v) is 5.37. The molecule has 1 fully saturated rings. The van der Waals surface area contributed by atoms with Crippen LogP contribution in [0.1, 0.15) is 31.4 Å². The zero-order valence-corrected chi connectivity index (χ0v) is 14.2. The van der Waals surface area contributed by atoms with Gasteiger partial charge in [-0.15, -0.1) is 0 Å². The Morgan fingerprint density at radius 2 is 2.13 bits per heavy atom. The van der Waals surface area contributed by atoms with E-state index >= 15 is 0 Å². The normalized spacial score (nSPS) is 14.9. The fourth-order valence-electron chi connectivity index (χ4n) is 2.99. The Morgan fingerprint density at radius 3 is 2.78 bits per heavy atom. The number of anilines is 2. The van der Waals surface area contributed by atoms with E-state index in [1.165, 1.54) is 11.3 Å². The zero-order chi connectivity index (χ0) is 16.4. The standard InChI is InChI=1S/C17H21N3O2S/c1-10-15(12-7-8-14(22-2)13(18)9-12)23-17(19-10)20-16(21)11-5-3-4-6-11/h7-9,11H,3-6,18H2,1-2H3,(H,19,20,21). The number of carbonyl (C=O) groups excluding carboxylic acids is 1. The summed E-state index contributed by atoms with van der Waals surface area (Å²) in [6, 6.07) is 5.68. The number of methoxy groups -OCH3 is 1. The molecule has 1 saturated carbocycles. The van der Waals surface area contributed by atoms with Crippen molar-refractivity contribution in [3.05, 3.63) is 23.9 Å². The number of thiazole rings is 1. The molecule has 0 spiro atoms. The van der Waals surface area contributed by atoms with Crippen LogP contribution in [-0.2, 0) is 4.79 Å². The molecule has 1 heterocycles. The van der Waals surface area contributed by atoms with Gasteiger partial charge in [-0.3, -0.25) is 4.79 Å². The Bertz CT molecular complexity index is 721. The predicted molar refractivity (Wildman–Crippen MR) is 93.8 cm³/mol. The molecule has 0 radical (unpaired) electrons. The Morgan fingerprint density at radius 1 is 1.39 bits per heavy atom. The van der Waals surface area contributed by atoms with Gasteiger partial charge in [-0.25, -0.2) is 4.98 Å². The van der Waals surface area contributed by atoms with E-state index in [9.17, 15) is 4.79 Å². The van der Waals surface area contributed by atoms with Gasteiger partial charge in [0.1, 0.15) is 5.75 Å². The van der Waals surface area contributed by atoms with Gasteiger partial charge in [0.05, 0.1) is 23.4 Å². The molecule has 5 nitrogen and oxygen atoms in total. The molecule has 1 aromatic carbocycles. The highest BCUT2D eigenvalue weighted by molar-refractivity contribution is 7.19. The summed E-state index contributed by atoms with van der Waals surface area (Å²) in [5.41, 5.74) is 8.45. The number of hydrogen-bond donors (Lipinski definition) is 2. The minimum absolute atomic E-state index is 0.0945. The summed E-state index contributed by atoms with van der Waals surface area (Å²) in [6.45, 7) is 1.94. The number of nitrogens with two attached hydrogens (primary N) is 1. The van der Waals surface area contributed by atoms with Crippen molar-refractivity contribution in [3.8, 4) is 16.2 Å². The number of amides is 1. The molecule has 23 heavy (non-hydrogen) atoms. The highest BCUT2D eigenvalue weighted by atomic mass is 32.1. The minimum Gasteiger partial charge on any atom is -0.495 e. The molecule has 1 amide bonds. The predicted octanol–water partition coefficient (Wildman–Crippen LogP) is 3.84. The van der Waals surface area contributed by atoms with E-state index in [0.717, 1.165) is 41.8 Å². The van der Waals surface area contributed by atoms with Gasteiger partial charge in [0.2, 0.25) is 5.91 Å². The number of ether oxygens (including phenoxy) is 1. The third kappa shape index (κ3) is 3.32. The highest BCUT2D eigenvalue weighted by Gasteiger charge is 2.23. The van der Waals surface area contributed by atoms with Crippen LogP contribution in [0.25, 0.3) is 10.4 Å². The number of carbonyl (C=O) groups is 1. The van der Waals surface area contributed by atoms with Crippen molar-refractivity contribution in [3.63, 3.8) is 0 Å². The van der Waals surface area contributed by atoms with Gasteiger partial charge in [-0.2, -0.15) is 0 Å². The molecule has 3 N–H and O–H groups in total. The molecule has 0 saturated heterocycles. The van der Waals surface area contributed by atoms with Crippen LogP contribution in [-0.4, -0.2) is 18.0 Å². The van der Waals surface area contributed by atoms with Crippen LogP contribution < -0.4 is 15.8 Å². The minimum atomic E-state index is 0.0945. The molecular formula is C17H21N3O2S. The van der Waals surface area contributed by atoms with Crippen LogP contribution in [0.4, 0.5) is 10.8 Å². The second-order valence-corrected chi connectivity index (χ2v) is 6.86. The Kier molecular flexibility index (Phi) is 4.52. The molecule has 6 heteroatoms. The summed E-state index contributed by atoms with van der Waals surface area (Å²) >= 11 is 1.48. The van der Waals surface area contributed by atoms with Crippen molar-refractivity contribution < 1.29 is 9.53 Å². The summed E-state index contributed by atoms with van der Waals surface area (Å²) in [7, 11) is 1.60. The maximum atomic E-state index is 12.2. The average molecular weight is 331 g/mol. The zero-order valence-electron chi connectivity index (χ0n) is 13.4. The van der Waals surface area contributed by atoms with Gasteiger partial charge in [0.25, 0.3) is 0 Å².